The van der Waals surface area contributed by atoms with Crippen LogP contribution < -0.4 is 5.32 Å². The highest BCUT2D eigenvalue weighted by Gasteiger charge is 2.32. The van der Waals surface area contributed by atoms with Gasteiger partial charge in [-0.05, 0) is 31.4 Å². The number of para-hydroxylation sites is 1. The third-order valence-electron chi connectivity index (χ3n) is 4.48. The molecule has 2 heterocycles. The van der Waals surface area contributed by atoms with Gasteiger partial charge in [-0.15, -0.1) is 0 Å². The average Bonchev–Trinajstić information content (AvgIpc) is 2.99. The number of rotatable bonds is 4. The number of carbonyl (C=O) groups is 1. The topological polar surface area (TPSA) is 51.5 Å². The number of nitrogens with one attached hydrogen (secondary N) is 1. The first-order valence-electron chi connectivity index (χ1n) is 8.05. The molecule has 1 aliphatic rings. The second-order valence-corrected chi connectivity index (χ2v) is 6.80. The van der Waals surface area contributed by atoms with Crippen molar-refractivity contribution in [3.8, 4) is 0 Å². The number of hydrogen-bond acceptors (Lipinski definition) is 3. The maximum atomic E-state index is 13.6. The lowest BCUT2D eigenvalue weighted by Gasteiger charge is -2.36. The maximum absolute atomic E-state index is 13.6. The Morgan fingerprint density at radius 2 is 2.22 bits per heavy atom. The Morgan fingerprint density at radius 1 is 1.39 bits per heavy atom. The molecule has 1 amide bonds. The van der Waals surface area contributed by atoms with Crippen molar-refractivity contribution in [2.75, 3.05) is 13.2 Å². The van der Waals surface area contributed by atoms with Crippen molar-refractivity contribution in [2.24, 2.45) is 5.41 Å². The van der Waals surface area contributed by atoms with Gasteiger partial charge in [0.15, 0.2) is 17.2 Å². The summed E-state index contributed by atoms with van der Waals surface area (Å²) in [4.78, 5) is 12.3. The van der Waals surface area contributed by atoms with E-state index in [0.29, 0.717) is 11.9 Å². The smallest absolute Gasteiger partial charge is 0.287 e. The van der Waals surface area contributed by atoms with E-state index in [1.54, 1.807) is 18.2 Å². The molecule has 1 aliphatic heterocycles. The first kappa shape index (κ1) is 16.0. The zero-order chi connectivity index (χ0) is 16.4. The van der Waals surface area contributed by atoms with Crippen LogP contribution in [-0.2, 0) is 4.74 Å². The summed E-state index contributed by atoms with van der Waals surface area (Å²) in [6, 6.07) is 6.20. The normalized spacial score (nSPS) is 19.0. The summed E-state index contributed by atoms with van der Waals surface area (Å²) in [5.74, 6) is -0.660. The van der Waals surface area contributed by atoms with E-state index >= 15 is 0 Å². The van der Waals surface area contributed by atoms with Gasteiger partial charge in [-0.3, -0.25) is 4.79 Å². The van der Waals surface area contributed by atoms with E-state index in [1.807, 2.05) is 0 Å². The van der Waals surface area contributed by atoms with Gasteiger partial charge in [0.05, 0.1) is 6.10 Å². The minimum Gasteiger partial charge on any atom is -0.448 e. The molecular formula is C18H22FNO3. The van der Waals surface area contributed by atoms with Gasteiger partial charge in [0.25, 0.3) is 5.91 Å². The van der Waals surface area contributed by atoms with E-state index < -0.39 is 5.82 Å². The van der Waals surface area contributed by atoms with Crippen LogP contribution >= 0.6 is 0 Å². The molecule has 1 N–H and O–H groups in total. The predicted molar refractivity (Wildman–Crippen MR) is 85.9 cm³/mol. The highest BCUT2D eigenvalue weighted by molar-refractivity contribution is 5.96. The summed E-state index contributed by atoms with van der Waals surface area (Å²) in [5.41, 5.74) is -0.0413. The summed E-state index contributed by atoms with van der Waals surface area (Å²) in [7, 11) is 0. The fourth-order valence-electron chi connectivity index (χ4n) is 3.01. The van der Waals surface area contributed by atoms with Gasteiger partial charge >= 0.3 is 0 Å². The summed E-state index contributed by atoms with van der Waals surface area (Å²) in [5, 5.41) is 3.47. The van der Waals surface area contributed by atoms with Gasteiger partial charge in [0.1, 0.15) is 0 Å². The molecule has 1 aromatic carbocycles. The summed E-state index contributed by atoms with van der Waals surface area (Å²) in [6.45, 7) is 5.43. The van der Waals surface area contributed by atoms with Crippen molar-refractivity contribution in [2.45, 2.75) is 39.2 Å². The van der Waals surface area contributed by atoms with Gasteiger partial charge in [0.2, 0.25) is 0 Å². The number of carbonyl (C=O) groups excluding carboxylic acids is 1. The quantitative estimate of drug-likeness (QED) is 0.930. The van der Waals surface area contributed by atoms with Crippen molar-refractivity contribution >= 4 is 16.9 Å². The van der Waals surface area contributed by atoms with Gasteiger partial charge < -0.3 is 14.5 Å². The summed E-state index contributed by atoms with van der Waals surface area (Å²) in [6.07, 6.45) is 3.41. The zero-order valence-electron chi connectivity index (χ0n) is 13.5. The Morgan fingerprint density at radius 3 is 2.91 bits per heavy atom. The Labute approximate surface area is 135 Å². The fraction of sp³-hybridized carbons (Fsp3) is 0.500. The van der Waals surface area contributed by atoms with Gasteiger partial charge in [0, 0.05) is 24.0 Å². The second kappa shape index (κ2) is 6.32. The average molecular weight is 319 g/mol. The number of ether oxygens (including phenoxy) is 1. The van der Waals surface area contributed by atoms with Crippen LogP contribution in [0, 0.1) is 11.2 Å². The number of fused-ring (bicyclic) bond motifs is 1. The molecule has 5 heteroatoms. The second-order valence-electron chi connectivity index (χ2n) is 6.80. The molecule has 1 fully saturated rings. The molecule has 124 valence electrons. The molecule has 0 saturated carbocycles. The fourth-order valence-corrected chi connectivity index (χ4v) is 3.01. The number of amides is 1. The van der Waals surface area contributed by atoms with Crippen LogP contribution in [0.1, 0.15) is 43.7 Å². The minimum atomic E-state index is -0.461. The van der Waals surface area contributed by atoms with Crippen LogP contribution in [0.15, 0.2) is 28.7 Å². The van der Waals surface area contributed by atoms with E-state index in [2.05, 4.69) is 19.2 Å². The molecule has 0 spiro atoms. The number of hydrogen-bond donors (Lipinski definition) is 1. The van der Waals surface area contributed by atoms with E-state index in [9.17, 15) is 9.18 Å². The lowest BCUT2D eigenvalue weighted by Crippen LogP contribution is -2.43. The molecule has 0 bridgehead atoms. The van der Waals surface area contributed by atoms with Crippen LogP contribution in [-0.4, -0.2) is 25.2 Å². The first-order valence-corrected chi connectivity index (χ1v) is 8.05. The van der Waals surface area contributed by atoms with Crippen LogP contribution in [0.2, 0.25) is 0 Å². The molecular weight excluding hydrogens is 297 g/mol. The number of furan rings is 1. The van der Waals surface area contributed by atoms with E-state index in [1.165, 1.54) is 6.07 Å². The molecule has 1 saturated heterocycles. The summed E-state index contributed by atoms with van der Waals surface area (Å²) >= 11 is 0. The lowest BCUT2D eigenvalue weighted by molar-refractivity contribution is -0.0531. The third-order valence-corrected chi connectivity index (χ3v) is 4.48. The highest BCUT2D eigenvalue weighted by atomic mass is 19.1. The van der Waals surface area contributed by atoms with Crippen molar-refractivity contribution in [1.82, 2.24) is 5.32 Å². The van der Waals surface area contributed by atoms with Crippen molar-refractivity contribution < 1.29 is 18.3 Å². The number of benzene rings is 1. The van der Waals surface area contributed by atoms with Crippen molar-refractivity contribution in [1.29, 1.82) is 0 Å². The van der Waals surface area contributed by atoms with Crippen LogP contribution in [0.3, 0.4) is 0 Å². The zero-order valence-corrected chi connectivity index (χ0v) is 13.5. The van der Waals surface area contributed by atoms with Crippen molar-refractivity contribution in [3.05, 3.63) is 35.8 Å². The molecule has 0 radical (unpaired) electrons. The minimum absolute atomic E-state index is 0.118. The Kier molecular flexibility index (Phi) is 4.39. The van der Waals surface area contributed by atoms with Crippen LogP contribution in [0.25, 0.3) is 11.0 Å². The molecule has 2 aromatic rings. The molecule has 4 nitrogen and oxygen atoms in total. The lowest BCUT2D eigenvalue weighted by atomic mass is 9.82. The van der Waals surface area contributed by atoms with E-state index in [0.717, 1.165) is 25.9 Å². The van der Waals surface area contributed by atoms with Crippen LogP contribution in [0.4, 0.5) is 4.39 Å². The molecule has 23 heavy (non-hydrogen) atoms. The van der Waals surface area contributed by atoms with Crippen LogP contribution in [0.5, 0.6) is 0 Å². The van der Waals surface area contributed by atoms with Gasteiger partial charge in [-0.2, -0.15) is 0 Å². The molecule has 3 rings (SSSR count). The predicted octanol–water partition coefficient (Wildman–Crippen LogP) is 3.90. The maximum Gasteiger partial charge on any atom is 0.287 e. The van der Waals surface area contributed by atoms with E-state index in [-0.39, 0.29) is 28.8 Å². The first-order chi connectivity index (χ1) is 11.0. The Balaban J connectivity index is 1.67. The van der Waals surface area contributed by atoms with Gasteiger partial charge in [-0.25, -0.2) is 4.39 Å². The standard InChI is InChI=1S/C18H22FNO3/c1-18(2,15-8-3-4-9-22-15)11-20-17(21)14-10-12-6-5-7-13(19)16(12)23-14/h5-7,10,15H,3-4,8-9,11H2,1-2H3,(H,20,21)/t15-/m1/s1. The largest absolute Gasteiger partial charge is 0.448 e. The van der Waals surface area contributed by atoms with E-state index in [4.69, 9.17) is 9.15 Å². The Bertz CT molecular complexity index is 701. The number of halogens is 1. The SMILES string of the molecule is CC(C)(CNC(=O)c1cc2cccc(F)c2o1)[C@H]1CCCCO1. The van der Waals surface area contributed by atoms with Crippen molar-refractivity contribution in [3.63, 3.8) is 0 Å². The summed E-state index contributed by atoms with van der Waals surface area (Å²) < 4.78 is 24.8. The Hall–Kier alpha value is -1.88. The molecule has 0 aliphatic carbocycles. The third kappa shape index (κ3) is 3.39. The molecule has 1 atom stereocenters. The monoisotopic (exact) mass is 319 g/mol. The highest BCUT2D eigenvalue weighted by Crippen LogP contribution is 2.30. The molecule has 1 aromatic heterocycles. The van der Waals surface area contributed by atoms with Gasteiger partial charge in [-0.1, -0.05) is 26.0 Å². The molecule has 0 unspecified atom stereocenters.